The van der Waals surface area contributed by atoms with Crippen molar-refractivity contribution in [1.82, 2.24) is 4.98 Å². The fourth-order valence-corrected chi connectivity index (χ4v) is 1.94. The predicted molar refractivity (Wildman–Crippen MR) is 58.0 cm³/mol. The Morgan fingerprint density at radius 3 is 2.93 bits per heavy atom. The second kappa shape index (κ2) is 5.29. The summed E-state index contributed by atoms with van der Waals surface area (Å²) in [4.78, 5) is 6.25. The molecule has 1 unspecified atom stereocenters. The van der Waals surface area contributed by atoms with E-state index in [0.29, 0.717) is 13.2 Å². The lowest BCUT2D eigenvalue weighted by Crippen LogP contribution is -2.31. The van der Waals surface area contributed by atoms with Crippen molar-refractivity contribution in [2.45, 2.75) is 13.0 Å². The maximum absolute atomic E-state index is 9.50. The van der Waals surface area contributed by atoms with Gasteiger partial charge in [0, 0.05) is 26.1 Å². The fraction of sp³-hybridized carbons (Fsp3) is 0.667. The topological polar surface area (TPSA) is 45.6 Å². The molecule has 1 heterocycles. The number of aromatic nitrogens is 1. The van der Waals surface area contributed by atoms with Gasteiger partial charge in [-0.25, -0.2) is 4.98 Å². The molecule has 4 nitrogen and oxygen atoms in total. The van der Waals surface area contributed by atoms with Crippen molar-refractivity contribution in [3.05, 3.63) is 11.1 Å². The molecule has 0 aliphatic carbocycles. The van der Waals surface area contributed by atoms with E-state index >= 15 is 0 Å². The van der Waals surface area contributed by atoms with Crippen LogP contribution in [-0.2, 0) is 4.74 Å². The van der Waals surface area contributed by atoms with Crippen LogP contribution in [0.5, 0.6) is 0 Å². The van der Waals surface area contributed by atoms with E-state index in [4.69, 9.17) is 4.74 Å². The van der Waals surface area contributed by atoms with Crippen molar-refractivity contribution < 1.29 is 9.84 Å². The Balaban J connectivity index is 2.45. The first-order valence-electron chi connectivity index (χ1n) is 4.43. The van der Waals surface area contributed by atoms with Crippen LogP contribution in [0.1, 0.15) is 5.69 Å². The highest BCUT2D eigenvalue weighted by atomic mass is 32.1. The number of likely N-dealkylation sites (N-methyl/N-ethyl adjacent to an activating group) is 1. The van der Waals surface area contributed by atoms with E-state index in [2.05, 4.69) is 4.98 Å². The normalized spacial score (nSPS) is 12.9. The molecule has 0 fully saturated rings. The van der Waals surface area contributed by atoms with E-state index in [1.807, 2.05) is 24.3 Å². The van der Waals surface area contributed by atoms with Gasteiger partial charge < -0.3 is 14.7 Å². The third-order valence-corrected chi connectivity index (χ3v) is 2.85. The summed E-state index contributed by atoms with van der Waals surface area (Å²) in [5.41, 5.74) is 1.01. The molecule has 1 aromatic rings. The number of nitrogens with zero attached hydrogens (tertiary/aromatic N) is 2. The van der Waals surface area contributed by atoms with Gasteiger partial charge in [0.05, 0.1) is 18.4 Å². The van der Waals surface area contributed by atoms with Crippen molar-refractivity contribution >= 4 is 16.5 Å². The van der Waals surface area contributed by atoms with Crippen LogP contribution in [0.25, 0.3) is 0 Å². The van der Waals surface area contributed by atoms with Gasteiger partial charge in [-0.3, -0.25) is 0 Å². The highest BCUT2D eigenvalue weighted by Crippen LogP contribution is 2.18. The Kier molecular flexibility index (Phi) is 4.31. The van der Waals surface area contributed by atoms with Crippen LogP contribution in [0.2, 0.25) is 0 Å². The quantitative estimate of drug-likeness (QED) is 0.794. The monoisotopic (exact) mass is 216 g/mol. The zero-order chi connectivity index (χ0) is 10.6. The van der Waals surface area contributed by atoms with Crippen LogP contribution >= 0.6 is 11.3 Å². The number of aliphatic hydroxyl groups excluding tert-OH is 1. The van der Waals surface area contributed by atoms with Crippen molar-refractivity contribution in [2.75, 3.05) is 32.2 Å². The average molecular weight is 216 g/mol. The first-order valence-corrected chi connectivity index (χ1v) is 5.31. The van der Waals surface area contributed by atoms with E-state index in [-0.39, 0.29) is 0 Å². The summed E-state index contributed by atoms with van der Waals surface area (Å²) in [6, 6.07) is 0. The van der Waals surface area contributed by atoms with Gasteiger partial charge in [-0.15, -0.1) is 11.3 Å². The highest BCUT2D eigenvalue weighted by molar-refractivity contribution is 7.13. The number of ether oxygens (including phenoxy) is 1. The van der Waals surface area contributed by atoms with Gasteiger partial charge in [-0.1, -0.05) is 0 Å². The molecular weight excluding hydrogens is 200 g/mol. The maximum Gasteiger partial charge on any atom is 0.185 e. The van der Waals surface area contributed by atoms with Crippen LogP contribution < -0.4 is 4.90 Å². The number of methoxy groups -OCH3 is 1. The van der Waals surface area contributed by atoms with Gasteiger partial charge in [-0.2, -0.15) is 0 Å². The van der Waals surface area contributed by atoms with Gasteiger partial charge in [0.25, 0.3) is 0 Å². The summed E-state index contributed by atoms with van der Waals surface area (Å²) in [7, 11) is 3.49. The molecule has 5 heteroatoms. The van der Waals surface area contributed by atoms with Crippen molar-refractivity contribution in [3.63, 3.8) is 0 Å². The van der Waals surface area contributed by atoms with Crippen LogP contribution in [0.3, 0.4) is 0 Å². The summed E-state index contributed by atoms with van der Waals surface area (Å²) in [6.07, 6.45) is -0.464. The highest BCUT2D eigenvalue weighted by Gasteiger charge is 2.10. The number of thiazole rings is 1. The van der Waals surface area contributed by atoms with E-state index in [9.17, 15) is 5.11 Å². The van der Waals surface area contributed by atoms with Gasteiger partial charge in [0.15, 0.2) is 5.13 Å². The molecule has 0 spiro atoms. The molecular formula is C9H16N2O2S. The number of rotatable bonds is 5. The molecule has 0 radical (unpaired) electrons. The zero-order valence-electron chi connectivity index (χ0n) is 8.73. The molecule has 14 heavy (non-hydrogen) atoms. The summed E-state index contributed by atoms with van der Waals surface area (Å²) in [6.45, 7) is 2.86. The Bertz CT molecular complexity index is 278. The summed E-state index contributed by atoms with van der Waals surface area (Å²) in [5.74, 6) is 0. The average Bonchev–Trinajstić information content (AvgIpc) is 2.52. The van der Waals surface area contributed by atoms with E-state index in [1.54, 1.807) is 18.4 Å². The first kappa shape index (κ1) is 11.4. The standard InChI is InChI=1S/C9H16N2O2S/c1-7-6-14-9(10-7)11(2)4-8(12)5-13-3/h6,8,12H,4-5H2,1-3H3. The fourth-order valence-electron chi connectivity index (χ4n) is 1.16. The third kappa shape index (κ3) is 3.25. The second-order valence-corrected chi connectivity index (χ2v) is 4.10. The lowest BCUT2D eigenvalue weighted by Gasteiger charge is -2.19. The minimum absolute atomic E-state index is 0.356. The number of aryl methyl sites for hydroxylation is 1. The Morgan fingerprint density at radius 2 is 2.43 bits per heavy atom. The number of anilines is 1. The van der Waals surface area contributed by atoms with Gasteiger partial charge in [0.2, 0.25) is 0 Å². The van der Waals surface area contributed by atoms with Crippen LogP contribution in [-0.4, -0.2) is 43.5 Å². The van der Waals surface area contributed by atoms with Gasteiger partial charge >= 0.3 is 0 Å². The summed E-state index contributed by atoms with van der Waals surface area (Å²) >= 11 is 1.58. The molecule has 0 amide bonds. The first-order chi connectivity index (χ1) is 6.63. The number of hydrogen-bond donors (Lipinski definition) is 1. The van der Waals surface area contributed by atoms with Crippen LogP contribution in [0, 0.1) is 6.92 Å². The molecule has 0 bridgehead atoms. The molecule has 0 saturated heterocycles. The predicted octanol–water partition coefficient (Wildman–Crippen LogP) is 0.895. The molecule has 1 atom stereocenters. The van der Waals surface area contributed by atoms with E-state index in [1.165, 1.54) is 0 Å². The molecule has 0 aliphatic rings. The van der Waals surface area contributed by atoms with E-state index in [0.717, 1.165) is 10.8 Å². The molecule has 0 aromatic carbocycles. The Hall–Kier alpha value is -0.650. The van der Waals surface area contributed by atoms with Crippen molar-refractivity contribution in [3.8, 4) is 0 Å². The third-order valence-electron chi connectivity index (χ3n) is 1.78. The molecule has 80 valence electrons. The molecule has 0 aliphatic heterocycles. The zero-order valence-corrected chi connectivity index (χ0v) is 9.54. The molecule has 1 rings (SSSR count). The lowest BCUT2D eigenvalue weighted by molar-refractivity contribution is 0.0695. The smallest absolute Gasteiger partial charge is 0.185 e. The second-order valence-electron chi connectivity index (χ2n) is 3.26. The van der Waals surface area contributed by atoms with Crippen molar-refractivity contribution in [1.29, 1.82) is 0 Å². The van der Waals surface area contributed by atoms with Crippen molar-refractivity contribution in [2.24, 2.45) is 0 Å². The Morgan fingerprint density at radius 1 is 1.71 bits per heavy atom. The number of hydrogen-bond acceptors (Lipinski definition) is 5. The van der Waals surface area contributed by atoms with E-state index < -0.39 is 6.10 Å². The van der Waals surface area contributed by atoms with Gasteiger partial charge in [-0.05, 0) is 6.92 Å². The minimum Gasteiger partial charge on any atom is -0.389 e. The minimum atomic E-state index is -0.464. The van der Waals surface area contributed by atoms with Crippen LogP contribution in [0.15, 0.2) is 5.38 Å². The van der Waals surface area contributed by atoms with Crippen LogP contribution in [0.4, 0.5) is 5.13 Å². The summed E-state index contributed by atoms with van der Waals surface area (Å²) in [5, 5.41) is 12.4. The molecule has 0 saturated carbocycles. The Labute approximate surface area is 88.1 Å². The lowest BCUT2D eigenvalue weighted by atomic mass is 10.3. The SMILES string of the molecule is COCC(O)CN(C)c1nc(C)cs1. The maximum atomic E-state index is 9.50. The summed E-state index contributed by atoms with van der Waals surface area (Å²) < 4.78 is 4.85. The number of aliphatic hydroxyl groups is 1. The molecule has 1 aromatic heterocycles. The van der Waals surface area contributed by atoms with Gasteiger partial charge in [0.1, 0.15) is 0 Å². The largest absolute Gasteiger partial charge is 0.389 e. The molecule has 1 N–H and O–H groups in total.